The van der Waals surface area contributed by atoms with Gasteiger partial charge in [-0.1, -0.05) is 19.8 Å². The van der Waals surface area contributed by atoms with Crippen LogP contribution in [0.15, 0.2) is 18.3 Å². The first-order chi connectivity index (χ1) is 12.7. The van der Waals surface area contributed by atoms with E-state index in [2.05, 4.69) is 22.5 Å². The molecule has 0 aliphatic heterocycles. The topological polar surface area (TPSA) is 101 Å². The first-order valence-corrected chi connectivity index (χ1v) is 9.53. The number of aromatic nitrogens is 1. The average molecular weight is 377 g/mol. The zero-order valence-corrected chi connectivity index (χ0v) is 16.6. The Kier molecular flexibility index (Phi) is 7.18. The molecule has 0 saturated heterocycles. The van der Waals surface area contributed by atoms with E-state index < -0.39 is 17.7 Å². The maximum atomic E-state index is 12.9. The fourth-order valence-corrected chi connectivity index (χ4v) is 3.24. The number of nitrogens with one attached hydrogen (secondary N) is 2. The molecule has 27 heavy (non-hydrogen) atoms. The van der Waals surface area contributed by atoms with Crippen LogP contribution in [0.1, 0.15) is 58.9 Å². The maximum Gasteiger partial charge on any atom is 0.408 e. The van der Waals surface area contributed by atoms with Crippen LogP contribution < -0.4 is 10.6 Å². The molecule has 1 saturated carbocycles. The highest BCUT2D eigenvalue weighted by molar-refractivity contribution is 5.94. The van der Waals surface area contributed by atoms with Crippen LogP contribution in [0, 0.1) is 11.8 Å². The Bertz CT molecular complexity index is 649. The number of hydrogen-bond acceptors (Lipinski definition) is 5. The van der Waals surface area contributed by atoms with Crippen molar-refractivity contribution < 1.29 is 19.4 Å². The van der Waals surface area contributed by atoms with Gasteiger partial charge in [0.2, 0.25) is 0 Å². The van der Waals surface area contributed by atoms with E-state index in [0.717, 1.165) is 25.7 Å². The predicted octanol–water partition coefficient (Wildman–Crippen LogP) is 3.23. The van der Waals surface area contributed by atoms with Gasteiger partial charge in [0.25, 0.3) is 5.91 Å². The van der Waals surface area contributed by atoms with Crippen LogP contribution in [-0.4, -0.2) is 33.7 Å². The number of carbonyl (C=O) groups is 2. The average Bonchev–Trinajstić information content (AvgIpc) is 2.59. The number of carbonyl (C=O) groups excluding carboxylic acids is 2. The fourth-order valence-electron chi connectivity index (χ4n) is 3.24. The fraction of sp³-hybridized carbons (Fsp3) is 0.650. The van der Waals surface area contributed by atoms with Crippen molar-refractivity contribution in [3.8, 4) is 0 Å². The highest BCUT2D eigenvalue weighted by atomic mass is 16.6. The molecule has 150 valence electrons. The van der Waals surface area contributed by atoms with Gasteiger partial charge in [0.05, 0.1) is 6.61 Å². The van der Waals surface area contributed by atoms with Gasteiger partial charge in [-0.15, -0.1) is 0 Å². The smallest absolute Gasteiger partial charge is 0.408 e. The summed E-state index contributed by atoms with van der Waals surface area (Å²) in [6.45, 7) is 7.63. The van der Waals surface area contributed by atoms with E-state index in [4.69, 9.17) is 4.74 Å². The third-order valence-electron chi connectivity index (χ3n) is 4.72. The lowest BCUT2D eigenvalue weighted by atomic mass is 9.80. The molecule has 1 aromatic heterocycles. The van der Waals surface area contributed by atoms with Crippen LogP contribution in [0.25, 0.3) is 0 Å². The molecular formula is C20H31N3O4. The van der Waals surface area contributed by atoms with E-state index in [1.807, 2.05) is 20.8 Å². The minimum atomic E-state index is -0.876. The summed E-state index contributed by atoms with van der Waals surface area (Å²) in [5, 5.41) is 14.7. The van der Waals surface area contributed by atoms with E-state index in [1.165, 1.54) is 6.20 Å². The van der Waals surface area contributed by atoms with Crippen molar-refractivity contribution in [3.05, 3.63) is 23.9 Å². The first-order valence-electron chi connectivity index (χ1n) is 9.53. The molecule has 2 rings (SSSR count). The number of alkyl carbamates (subject to hydrolysis) is 1. The SMILES string of the molecule is CC1CCC(C(OC(=O)NC(C)(C)C)C(=O)Nc2cc(CO)ccn2)CC1. The standard InChI is InChI=1S/C20H31N3O4/c1-13-5-7-15(8-6-13)17(27-19(26)23-20(2,3)4)18(25)22-16-11-14(12-24)9-10-21-16/h9-11,13,15,17,24H,5-8,12H2,1-4H3,(H,23,26)(H,21,22,25). The van der Waals surface area contributed by atoms with E-state index in [1.54, 1.807) is 12.1 Å². The molecular weight excluding hydrogens is 346 g/mol. The zero-order chi connectivity index (χ0) is 20.0. The third-order valence-corrected chi connectivity index (χ3v) is 4.72. The van der Waals surface area contributed by atoms with Crippen molar-refractivity contribution in [2.75, 3.05) is 5.32 Å². The van der Waals surface area contributed by atoms with Gasteiger partial charge in [-0.2, -0.15) is 0 Å². The number of nitrogens with zero attached hydrogens (tertiary/aromatic N) is 1. The zero-order valence-electron chi connectivity index (χ0n) is 16.6. The molecule has 1 atom stereocenters. The van der Waals surface area contributed by atoms with Gasteiger partial charge in [-0.25, -0.2) is 9.78 Å². The highest BCUT2D eigenvalue weighted by Gasteiger charge is 2.35. The third kappa shape index (κ3) is 6.82. The molecule has 3 N–H and O–H groups in total. The Morgan fingerprint density at radius 3 is 2.56 bits per heavy atom. The predicted molar refractivity (Wildman–Crippen MR) is 103 cm³/mol. The van der Waals surface area contributed by atoms with Crippen molar-refractivity contribution in [3.63, 3.8) is 0 Å². The Balaban J connectivity index is 2.12. The summed E-state index contributed by atoms with van der Waals surface area (Å²) >= 11 is 0. The number of pyridine rings is 1. The van der Waals surface area contributed by atoms with Crippen LogP contribution in [0.2, 0.25) is 0 Å². The van der Waals surface area contributed by atoms with Crippen molar-refractivity contribution in [1.29, 1.82) is 0 Å². The van der Waals surface area contributed by atoms with Crippen LogP contribution in [0.3, 0.4) is 0 Å². The molecule has 0 bridgehead atoms. The van der Waals surface area contributed by atoms with Gasteiger partial charge in [0.15, 0.2) is 6.10 Å². The molecule has 7 heteroatoms. The highest BCUT2D eigenvalue weighted by Crippen LogP contribution is 2.32. The second-order valence-corrected chi connectivity index (χ2v) is 8.42. The minimum Gasteiger partial charge on any atom is -0.436 e. The lowest BCUT2D eigenvalue weighted by Crippen LogP contribution is -2.47. The Labute approximate surface area is 160 Å². The summed E-state index contributed by atoms with van der Waals surface area (Å²) in [4.78, 5) is 29.3. The Morgan fingerprint density at radius 2 is 1.96 bits per heavy atom. The minimum absolute atomic E-state index is 0.0204. The van der Waals surface area contributed by atoms with Crippen molar-refractivity contribution >= 4 is 17.8 Å². The number of aliphatic hydroxyl groups is 1. The summed E-state index contributed by atoms with van der Waals surface area (Å²) < 4.78 is 5.55. The van der Waals surface area contributed by atoms with Crippen molar-refractivity contribution in [1.82, 2.24) is 10.3 Å². The Hall–Kier alpha value is -2.15. The molecule has 0 aromatic carbocycles. The van der Waals surface area contributed by atoms with Gasteiger partial charge >= 0.3 is 6.09 Å². The Morgan fingerprint density at radius 1 is 1.30 bits per heavy atom. The van der Waals surface area contributed by atoms with Crippen molar-refractivity contribution in [2.45, 2.75) is 71.6 Å². The second kappa shape index (κ2) is 9.17. The molecule has 1 unspecified atom stereocenters. The van der Waals surface area contributed by atoms with Crippen LogP contribution in [0.5, 0.6) is 0 Å². The molecule has 1 aromatic rings. The number of amides is 2. The van der Waals surface area contributed by atoms with E-state index in [0.29, 0.717) is 17.3 Å². The van der Waals surface area contributed by atoms with Gasteiger partial charge in [-0.3, -0.25) is 4.79 Å². The number of anilines is 1. The molecule has 1 aliphatic carbocycles. The van der Waals surface area contributed by atoms with Gasteiger partial charge < -0.3 is 20.5 Å². The molecule has 7 nitrogen and oxygen atoms in total. The second-order valence-electron chi connectivity index (χ2n) is 8.42. The summed E-state index contributed by atoms with van der Waals surface area (Å²) in [7, 11) is 0. The lowest BCUT2D eigenvalue weighted by Gasteiger charge is -2.32. The molecule has 0 spiro atoms. The van der Waals surface area contributed by atoms with Gasteiger partial charge in [0.1, 0.15) is 5.82 Å². The summed E-state index contributed by atoms with van der Waals surface area (Å²) in [6, 6.07) is 3.27. The normalized spacial score (nSPS) is 21.2. The largest absolute Gasteiger partial charge is 0.436 e. The van der Waals surface area contributed by atoms with E-state index in [9.17, 15) is 14.7 Å². The molecule has 1 aliphatic rings. The lowest BCUT2D eigenvalue weighted by molar-refractivity contribution is -0.128. The summed E-state index contributed by atoms with van der Waals surface area (Å²) in [6.07, 6.45) is 3.75. The van der Waals surface area contributed by atoms with Gasteiger partial charge in [-0.05, 0) is 57.2 Å². The molecule has 1 heterocycles. The summed E-state index contributed by atoms with van der Waals surface area (Å²) in [5.41, 5.74) is 0.200. The number of ether oxygens (including phenoxy) is 1. The maximum absolute atomic E-state index is 12.9. The van der Waals surface area contributed by atoms with Crippen molar-refractivity contribution in [2.24, 2.45) is 11.8 Å². The summed E-state index contributed by atoms with van der Waals surface area (Å²) in [5.74, 6) is 0.547. The van der Waals surface area contributed by atoms with Crippen LogP contribution in [0.4, 0.5) is 10.6 Å². The van der Waals surface area contributed by atoms with Crippen LogP contribution in [-0.2, 0) is 16.1 Å². The number of rotatable bonds is 5. The molecule has 2 amide bonds. The van der Waals surface area contributed by atoms with E-state index >= 15 is 0 Å². The van der Waals surface area contributed by atoms with Crippen LogP contribution >= 0.6 is 0 Å². The molecule has 1 fully saturated rings. The van der Waals surface area contributed by atoms with E-state index in [-0.39, 0.29) is 18.4 Å². The monoisotopic (exact) mass is 377 g/mol. The molecule has 0 radical (unpaired) electrons. The van der Waals surface area contributed by atoms with Gasteiger partial charge in [0, 0.05) is 17.7 Å². The number of aliphatic hydroxyl groups excluding tert-OH is 1. The first kappa shape index (κ1) is 21.2. The quantitative estimate of drug-likeness (QED) is 0.731. The number of hydrogen-bond donors (Lipinski definition) is 3.